The standard InChI is InChI=1S/C30H40N10O2/c1-8-26(41)33-20-16-21(24(42-7)17-23(20)38(6)15-14-37(4)5)34-28-31-19-32-29(36-28)40-18-30(2,3)27-22(40)10-11-25(35-27)39-12-9-13-39/h8,10-11,16-17,19H,1,9,12-15,18H2,2-7H3,(H,33,41)(H,31,32,34,36). The first-order valence-corrected chi connectivity index (χ1v) is 14.1. The Hall–Kier alpha value is -4.45. The molecule has 2 N–H and O–H groups in total. The van der Waals surface area contributed by atoms with E-state index in [0.717, 1.165) is 49.1 Å². The maximum absolute atomic E-state index is 12.3. The zero-order valence-corrected chi connectivity index (χ0v) is 25.3. The van der Waals surface area contributed by atoms with Crippen LogP contribution in [0.1, 0.15) is 26.0 Å². The van der Waals surface area contributed by atoms with Crippen molar-refractivity contribution in [1.82, 2.24) is 24.8 Å². The summed E-state index contributed by atoms with van der Waals surface area (Å²) in [5.41, 5.74) is 3.89. The highest BCUT2D eigenvalue weighted by molar-refractivity contribution is 6.02. The summed E-state index contributed by atoms with van der Waals surface area (Å²) in [4.78, 5) is 39.6. The van der Waals surface area contributed by atoms with Crippen molar-refractivity contribution in [2.24, 2.45) is 0 Å². The molecule has 0 atom stereocenters. The number of nitrogens with zero attached hydrogens (tertiary/aromatic N) is 8. The Balaban J connectivity index is 1.45. The SMILES string of the molecule is C=CC(=O)Nc1cc(Nc2ncnc(N3CC(C)(C)c4nc(N5CCC5)ccc43)n2)c(OC)cc1N(C)CCN(C)C. The minimum absolute atomic E-state index is 0.174. The molecule has 4 heterocycles. The van der Waals surface area contributed by atoms with Crippen LogP contribution in [0.2, 0.25) is 0 Å². The number of benzene rings is 1. The Morgan fingerprint density at radius 1 is 1.12 bits per heavy atom. The van der Waals surface area contributed by atoms with Gasteiger partial charge in [-0.15, -0.1) is 0 Å². The number of amides is 1. The number of anilines is 7. The van der Waals surface area contributed by atoms with Gasteiger partial charge >= 0.3 is 0 Å². The van der Waals surface area contributed by atoms with E-state index < -0.39 is 0 Å². The Bertz CT molecular complexity index is 1470. The van der Waals surface area contributed by atoms with Crippen molar-refractivity contribution in [1.29, 1.82) is 0 Å². The highest BCUT2D eigenvalue weighted by atomic mass is 16.5. The quantitative estimate of drug-likeness (QED) is 0.327. The number of methoxy groups -OCH3 is 1. The average Bonchev–Trinajstić information content (AvgIpc) is 3.21. The fourth-order valence-electron chi connectivity index (χ4n) is 5.12. The molecule has 2 aliphatic rings. The average molecular weight is 573 g/mol. The number of fused-ring (bicyclic) bond motifs is 1. The summed E-state index contributed by atoms with van der Waals surface area (Å²) in [6.45, 7) is 12.4. The van der Waals surface area contributed by atoms with Crippen LogP contribution in [0.3, 0.4) is 0 Å². The number of hydrogen-bond donors (Lipinski definition) is 2. The van der Waals surface area contributed by atoms with Crippen LogP contribution < -0.4 is 30.1 Å². The monoisotopic (exact) mass is 572 g/mol. The Morgan fingerprint density at radius 3 is 2.57 bits per heavy atom. The fraction of sp³-hybridized carbons (Fsp3) is 0.433. The Labute approximate surface area is 247 Å². The van der Waals surface area contributed by atoms with E-state index in [1.807, 2.05) is 33.3 Å². The number of pyridine rings is 1. The summed E-state index contributed by atoms with van der Waals surface area (Å²) >= 11 is 0. The van der Waals surface area contributed by atoms with Gasteiger partial charge in [0, 0.05) is 51.3 Å². The molecule has 0 spiro atoms. The third kappa shape index (κ3) is 5.94. The molecule has 2 aliphatic heterocycles. The van der Waals surface area contributed by atoms with Gasteiger partial charge in [0.2, 0.25) is 17.8 Å². The van der Waals surface area contributed by atoms with E-state index >= 15 is 0 Å². The molecule has 12 heteroatoms. The van der Waals surface area contributed by atoms with Crippen LogP contribution in [0.15, 0.2) is 43.2 Å². The van der Waals surface area contributed by atoms with E-state index in [2.05, 4.69) is 72.8 Å². The van der Waals surface area contributed by atoms with E-state index in [1.165, 1.54) is 18.8 Å². The van der Waals surface area contributed by atoms with Crippen LogP contribution in [0, 0.1) is 0 Å². The molecule has 1 aromatic carbocycles. The third-order valence-corrected chi connectivity index (χ3v) is 7.63. The van der Waals surface area contributed by atoms with Crippen LogP contribution in [0.4, 0.5) is 40.5 Å². The van der Waals surface area contributed by atoms with Gasteiger partial charge in [-0.3, -0.25) is 4.79 Å². The number of aromatic nitrogens is 4. The van der Waals surface area contributed by atoms with Crippen molar-refractivity contribution >= 4 is 46.4 Å². The Kier molecular flexibility index (Phi) is 8.17. The van der Waals surface area contributed by atoms with E-state index in [0.29, 0.717) is 35.6 Å². The van der Waals surface area contributed by atoms with Crippen LogP contribution in [0.5, 0.6) is 5.75 Å². The van der Waals surface area contributed by atoms with Gasteiger partial charge in [-0.1, -0.05) is 20.4 Å². The van der Waals surface area contributed by atoms with Crippen molar-refractivity contribution in [2.75, 3.05) is 86.3 Å². The van der Waals surface area contributed by atoms with Gasteiger partial charge in [0.1, 0.15) is 17.9 Å². The molecule has 0 aliphatic carbocycles. The summed E-state index contributed by atoms with van der Waals surface area (Å²) in [6.07, 6.45) is 3.95. The molecule has 0 unspecified atom stereocenters. The fourth-order valence-corrected chi connectivity index (χ4v) is 5.12. The topological polar surface area (TPSA) is 115 Å². The summed E-state index contributed by atoms with van der Waals surface area (Å²) in [7, 11) is 7.63. The molecular weight excluding hydrogens is 532 g/mol. The number of nitrogens with one attached hydrogen (secondary N) is 2. The maximum Gasteiger partial charge on any atom is 0.247 e. The number of hydrogen-bond acceptors (Lipinski definition) is 11. The second-order valence-electron chi connectivity index (χ2n) is 11.6. The lowest BCUT2D eigenvalue weighted by Crippen LogP contribution is -2.37. The first-order chi connectivity index (χ1) is 20.1. The molecular formula is C30H40N10O2. The largest absolute Gasteiger partial charge is 0.494 e. The molecule has 0 radical (unpaired) electrons. The molecule has 1 amide bonds. The lowest BCUT2D eigenvalue weighted by molar-refractivity contribution is -0.111. The van der Waals surface area contributed by atoms with Crippen LogP contribution in [-0.4, -0.2) is 91.7 Å². The van der Waals surface area contributed by atoms with Gasteiger partial charge in [0.25, 0.3) is 0 Å². The van der Waals surface area contributed by atoms with Gasteiger partial charge in [0.05, 0.1) is 35.6 Å². The van der Waals surface area contributed by atoms with Crippen LogP contribution in [-0.2, 0) is 10.2 Å². The molecule has 12 nitrogen and oxygen atoms in total. The number of likely N-dealkylation sites (N-methyl/N-ethyl adjacent to an activating group) is 2. The highest BCUT2D eigenvalue weighted by Crippen LogP contribution is 2.44. The van der Waals surface area contributed by atoms with Gasteiger partial charge < -0.3 is 35.0 Å². The van der Waals surface area contributed by atoms with E-state index in [1.54, 1.807) is 7.11 Å². The lowest BCUT2D eigenvalue weighted by Gasteiger charge is -2.32. The Morgan fingerprint density at radius 2 is 1.90 bits per heavy atom. The predicted molar refractivity (Wildman–Crippen MR) is 168 cm³/mol. The van der Waals surface area contributed by atoms with Gasteiger partial charge in [-0.25, -0.2) is 15.0 Å². The third-order valence-electron chi connectivity index (χ3n) is 7.63. The van der Waals surface area contributed by atoms with Crippen LogP contribution >= 0.6 is 0 Å². The summed E-state index contributed by atoms with van der Waals surface area (Å²) in [5, 5.41) is 6.20. The number of rotatable bonds is 11. The number of carbonyl (C=O) groups is 1. The minimum Gasteiger partial charge on any atom is -0.494 e. The van der Waals surface area contributed by atoms with Crippen molar-refractivity contribution in [3.8, 4) is 5.75 Å². The molecule has 222 valence electrons. The first-order valence-electron chi connectivity index (χ1n) is 14.1. The lowest BCUT2D eigenvalue weighted by atomic mass is 9.91. The smallest absolute Gasteiger partial charge is 0.247 e. The zero-order chi connectivity index (χ0) is 30.0. The number of ether oxygens (including phenoxy) is 1. The van der Waals surface area contributed by atoms with Crippen molar-refractivity contribution < 1.29 is 9.53 Å². The molecule has 0 bridgehead atoms. The maximum atomic E-state index is 12.3. The molecule has 0 saturated carbocycles. The van der Waals surface area contributed by atoms with Gasteiger partial charge in [0.15, 0.2) is 0 Å². The molecule has 3 aromatic rings. The van der Waals surface area contributed by atoms with Gasteiger partial charge in [-0.05, 0) is 44.8 Å². The molecule has 1 saturated heterocycles. The molecule has 2 aromatic heterocycles. The summed E-state index contributed by atoms with van der Waals surface area (Å²) < 4.78 is 5.74. The van der Waals surface area contributed by atoms with Gasteiger partial charge in [-0.2, -0.15) is 4.98 Å². The van der Waals surface area contributed by atoms with Crippen LogP contribution in [0.25, 0.3) is 0 Å². The normalized spacial score (nSPS) is 15.2. The van der Waals surface area contributed by atoms with Crippen molar-refractivity contribution in [3.05, 3.63) is 48.9 Å². The summed E-state index contributed by atoms with van der Waals surface area (Å²) in [5.74, 6) is 2.17. The van der Waals surface area contributed by atoms with E-state index in [9.17, 15) is 4.79 Å². The molecule has 42 heavy (non-hydrogen) atoms. The second kappa shape index (κ2) is 11.8. The van der Waals surface area contributed by atoms with Crippen molar-refractivity contribution in [3.63, 3.8) is 0 Å². The molecule has 5 rings (SSSR count). The highest BCUT2D eigenvalue weighted by Gasteiger charge is 2.39. The van der Waals surface area contributed by atoms with E-state index in [4.69, 9.17) is 14.7 Å². The number of carbonyl (C=O) groups excluding carboxylic acids is 1. The first kappa shape index (κ1) is 29.1. The summed E-state index contributed by atoms with van der Waals surface area (Å²) in [6, 6.07) is 7.90. The van der Waals surface area contributed by atoms with Crippen molar-refractivity contribution in [2.45, 2.75) is 25.7 Å². The zero-order valence-electron chi connectivity index (χ0n) is 25.3. The second-order valence-corrected chi connectivity index (χ2v) is 11.6. The molecule has 1 fully saturated rings. The van der Waals surface area contributed by atoms with E-state index in [-0.39, 0.29) is 11.3 Å². The predicted octanol–water partition coefficient (Wildman–Crippen LogP) is 3.78. The minimum atomic E-state index is -0.308.